The molecule has 2 heteroatoms. The number of hydrogen-bond donors (Lipinski definition) is 2. The van der Waals surface area contributed by atoms with Crippen LogP contribution in [0.4, 0.5) is 0 Å². The third kappa shape index (κ3) is 5.28. The summed E-state index contributed by atoms with van der Waals surface area (Å²) in [6.07, 6.45) is 17.1. The van der Waals surface area contributed by atoms with Gasteiger partial charge in [-0.25, -0.2) is 0 Å². The predicted molar refractivity (Wildman–Crippen MR) is 132 cm³/mol. The van der Waals surface area contributed by atoms with Gasteiger partial charge in [0.05, 0.1) is 12.2 Å². The number of allylic oxidation sites excluding steroid dienone is 5. The Morgan fingerprint density at radius 3 is 2.55 bits per heavy atom. The molecule has 0 saturated heterocycles. The molecule has 0 spiro atoms. The Hall–Kier alpha value is -1.12. The minimum Gasteiger partial charge on any atom is -0.393 e. The first-order valence-corrected chi connectivity index (χ1v) is 12.8. The zero-order valence-corrected chi connectivity index (χ0v) is 20.6. The number of aliphatic hydroxyl groups excluding tert-OH is 2. The lowest BCUT2D eigenvalue weighted by atomic mass is 9.61. The van der Waals surface area contributed by atoms with Gasteiger partial charge in [0.25, 0.3) is 0 Å². The maximum Gasteiger partial charge on any atom is 0.0811 e. The van der Waals surface area contributed by atoms with Crippen LogP contribution in [0.25, 0.3) is 0 Å². The number of hydrogen-bond acceptors (Lipinski definition) is 2. The van der Waals surface area contributed by atoms with Gasteiger partial charge in [0, 0.05) is 6.42 Å². The smallest absolute Gasteiger partial charge is 0.0811 e. The van der Waals surface area contributed by atoms with Crippen LogP contribution in [0.3, 0.4) is 0 Å². The minimum absolute atomic E-state index is 0.383. The molecule has 174 valence electrons. The lowest BCUT2D eigenvalue weighted by Gasteiger charge is -2.44. The zero-order valence-electron chi connectivity index (χ0n) is 20.6. The van der Waals surface area contributed by atoms with Crippen LogP contribution in [0.2, 0.25) is 0 Å². The molecule has 2 unspecified atom stereocenters. The summed E-state index contributed by atoms with van der Waals surface area (Å²) in [5, 5.41) is 20.2. The summed E-state index contributed by atoms with van der Waals surface area (Å²) in [4.78, 5) is 0. The van der Waals surface area contributed by atoms with Crippen LogP contribution < -0.4 is 0 Å². The van der Waals surface area contributed by atoms with Crippen LogP contribution >= 0.6 is 0 Å². The van der Waals surface area contributed by atoms with E-state index in [0.29, 0.717) is 41.9 Å². The van der Waals surface area contributed by atoms with Crippen molar-refractivity contribution in [2.75, 3.05) is 0 Å². The van der Waals surface area contributed by atoms with Crippen LogP contribution in [0, 0.1) is 35.0 Å². The molecule has 2 N–H and O–H groups in total. The maximum absolute atomic E-state index is 10.2. The summed E-state index contributed by atoms with van der Waals surface area (Å²) < 4.78 is 0. The third-order valence-corrected chi connectivity index (χ3v) is 8.93. The molecule has 2 nitrogen and oxygen atoms in total. The van der Waals surface area contributed by atoms with Crippen molar-refractivity contribution in [3.8, 4) is 0 Å². The molecule has 0 aromatic heterocycles. The van der Waals surface area contributed by atoms with Crippen molar-refractivity contribution in [1.82, 2.24) is 0 Å². The standard InChI is InChI=1S/C29H46O2/c1-7-22(19(2)3)11-10-20(4)26-14-15-27-23(9-8-16-29(26,27)6)12-13-24-17-25(30)18-28(31)21(24)5/h10-13,19-20,22,25-28,30-31H,5,7-9,14-18H2,1-4,6H3/b11-10+,23-12+,24-13-/t20-,22?,25-,26?,27+,28+,29-/m1/s1. The molecule has 7 atom stereocenters. The van der Waals surface area contributed by atoms with E-state index < -0.39 is 12.2 Å². The monoisotopic (exact) mass is 426 g/mol. The summed E-state index contributed by atoms with van der Waals surface area (Å²) in [7, 11) is 0. The van der Waals surface area contributed by atoms with E-state index in [0.717, 1.165) is 17.1 Å². The third-order valence-electron chi connectivity index (χ3n) is 8.93. The molecule has 3 rings (SSSR count). The Morgan fingerprint density at radius 1 is 1.13 bits per heavy atom. The van der Waals surface area contributed by atoms with E-state index in [2.05, 4.69) is 65.5 Å². The van der Waals surface area contributed by atoms with Crippen molar-refractivity contribution in [3.05, 3.63) is 47.6 Å². The van der Waals surface area contributed by atoms with Crippen LogP contribution in [-0.4, -0.2) is 22.4 Å². The second-order valence-electron chi connectivity index (χ2n) is 11.2. The van der Waals surface area contributed by atoms with Crippen molar-refractivity contribution in [3.63, 3.8) is 0 Å². The molecule has 0 aliphatic heterocycles. The molecule has 0 aromatic rings. The van der Waals surface area contributed by atoms with E-state index in [1.165, 1.54) is 38.5 Å². The highest BCUT2D eigenvalue weighted by Gasteiger charge is 2.50. The average Bonchev–Trinajstić information content (AvgIpc) is 3.07. The van der Waals surface area contributed by atoms with E-state index in [1.807, 2.05) is 0 Å². The highest BCUT2D eigenvalue weighted by Crippen LogP contribution is 2.59. The van der Waals surface area contributed by atoms with Crippen LogP contribution in [0.5, 0.6) is 0 Å². The van der Waals surface area contributed by atoms with Crippen molar-refractivity contribution < 1.29 is 10.2 Å². The van der Waals surface area contributed by atoms with Crippen molar-refractivity contribution in [1.29, 1.82) is 0 Å². The van der Waals surface area contributed by atoms with E-state index in [-0.39, 0.29) is 0 Å². The van der Waals surface area contributed by atoms with Crippen LogP contribution in [-0.2, 0) is 0 Å². The molecule has 3 fully saturated rings. The van der Waals surface area contributed by atoms with E-state index in [9.17, 15) is 10.2 Å². The Bertz CT molecular complexity index is 727. The number of rotatable bonds is 6. The van der Waals surface area contributed by atoms with Gasteiger partial charge in [-0.2, -0.15) is 0 Å². The second kappa shape index (κ2) is 10.2. The molecule has 31 heavy (non-hydrogen) atoms. The highest BCUT2D eigenvalue weighted by molar-refractivity contribution is 5.38. The van der Waals surface area contributed by atoms with Gasteiger partial charge in [-0.1, -0.05) is 71.1 Å². The first kappa shape index (κ1) is 24.5. The van der Waals surface area contributed by atoms with Gasteiger partial charge in [0.2, 0.25) is 0 Å². The van der Waals surface area contributed by atoms with Crippen LogP contribution in [0.1, 0.15) is 86.0 Å². The SMILES string of the molecule is C=C1/C(=C\C=C2/CCC[C@]3(C)C([C@H](C)/C=C/C(CC)C(C)C)CC[C@@H]23)C[C@@H](O)C[C@@H]1O. The molecule has 3 aliphatic rings. The van der Waals surface area contributed by atoms with Gasteiger partial charge >= 0.3 is 0 Å². The first-order valence-electron chi connectivity index (χ1n) is 12.8. The summed E-state index contributed by atoms with van der Waals surface area (Å²) in [6.45, 7) is 16.0. The Morgan fingerprint density at radius 2 is 1.87 bits per heavy atom. The number of aliphatic hydroxyl groups is 2. The summed E-state index contributed by atoms with van der Waals surface area (Å²) in [6, 6.07) is 0. The van der Waals surface area contributed by atoms with Crippen LogP contribution in [0.15, 0.2) is 47.6 Å². The fraction of sp³-hybridized carbons (Fsp3) is 0.724. The predicted octanol–water partition coefficient (Wildman–Crippen LogP) is 7.00. The molecule has 0 aromatic carbocycles. The molecule has 0 radical (unpaired) electrons. The molecule has 0 bridgehead atoms. The Labute approximate surface area is 191 Å². The van der Waals surface area contributed by atoms with E-state index in [4.69, 9.17) is 0 Å². The normalized spacial score (nSPS) is 38.9. The summed E-state index contributed by atoms with van der Waals surface area (Å²) in [5.74, 6) is 3.45. The molecule has 3 aliphatic carbocycles. The lowest BCUT2D eigenvalue weighted by Crippen LogP contribution is -2.35. The van der Waals surface area contributed by atoms with E-state index in [1.54, 1.807) is 5.57 Å². The molecule has 3 saturated carbocycles. The molecule has 0 amide bonds. The zero-order chi connectivity index (χ0) is 22.8. The van der Waals surface area contributed by atoms with E-state index >= 15 is 0 Å². The summed E-state index contributed by atoms with van der Waals surface area (Å²) >= 11 is 0. The second-order valence-corrected chi connectivity index (χ2v) is 11.2. The average molecular weight is 427 g/mol. The van der Waals surface area contributed by atoms with Gasteiger partial charge in [0.1, 0.15) is 0 Å². The molecular weight excluding hydrogens is 380 g/mol. The fourth-order valence-electron chi connectivity index (χ4n) is 6.89. The minimum atomic E-state index is -0.605. The molecular formula is C29H46O2. The van der Waals surface area contributed by atoms with Gasteiger partial charge in [-0.15, -0.1) is 0 Å². The fourth-order valence-corrected chi connectivity index (χ4v) is 6.89. The lowest BCUT2D eigenvalue weighted by molar-refractivity contribution is 0.0862. The van der Waals surface area contributed by atoms with Crippen molar-refractivity contribution in [2.45, 2.75) is 98.2 Å². The van der Waals surface area contributed by atoms with Gasteiger partial charge in [0.15, 0.2) is 0 Å². The van der Waals surface area contributed by atoms with Gasteiger partial charge in [-0.05, 0) is 91.1 Å². The topological polar surface area (TPSA) is 40.5 Å². The number of fused-ring (bicyclic) bond motifs is 1. The van der Waals surface area contributed by atoms with Gasteiger partial charge < -0.3 is 10.2 Å². The van der Waals surface area contributed by atoms with Crippen molar-refractivity contribution >= 4 is 0 Å². The Kier molecular flexibility index (Phi) is 8.08. The highest BCUT2D eigenvalue weighted by atomic mass is 16.3. The molecule has 0 heterocycles. The largest absolute Gasteiger partial charge is 0.393 e. The maximum atomic E-state index is 10.2. The van der Waals surface area contributed by atoms with Gasteiger partial charge in [-0.3, -0.25) is 0 Å². The summed E-state index contributed by atoms with van der Waals surface area (Å²) in [5.41, 5.74) is 3.78. The van der Waals surface area contributed by atoms with Crippen molar-refractivity contribution in [2.24, 2.45) is 35.0 Å². The quantitative estimate of drug-likeness (QED) is 0.449. The Balaban J connectivity index is 1.76. The first-order chi connectivity index (χ1) is 14.7.